The molecule has 6 heteroatoms. The number of amides is 1. The number of carbonyl (C=O) groups excluding carboxylic acids is 1. The van der Waals surface area contributed by atoms with E-state index in [4.69, 9.17) is 0 Å². The summed E-state index contributed by atoms with van der Waals surface area (Å²) in [6.07, 6.45) is 4.60. The number of tetrazole rings is 1. The molecular weight excluding hydrogens is 266 g/mol. The normalized spacial score (nSPS) is 16.1. The smallest absolute Gasteiger partial charge is 0.253 e. The molecule has 0 aliphatic carbocycles. The Labute approximate surface area is 123 Å². The Bertz CT molecular complexity index is 561. The van der Waals surface area contributed by atoms with E-state index in [0.29, 0.717) is 5.92 Å². The maximum absolute atomic E-state index is 12.3. The summed E-state index contributed by atoms with van der Waals surface area (Å²) < 4.78 is 0. The van der Waals surface area contributed by atoms with Crippen molar-refractivity contribution in [2.75, 3.05) is 13.1 Å². The Hall–Kier alpha value is -2.24. The lowest BCUT2D eigenvalue weighted by Gasteiger charge is -2.32. The molecule has 1 amide bonds. The molecule has 6 nitrogen and oxygen atoms in total. The number of hydrogen-bond acceptors (Lipinski definition) is 4. The van der Waals surface area contributed by atoms with Gasteiger partial charge in [-0.05, 0) is 42.5 Å². The Morgan fingerprint density at radius 1 is 1.19 bits per heavy atom. The summed E-state index contributed by atoms with van der Waals surface area (Å²) in [5, 5.41) is 11.6. The Morgan fingerprint density at radius 3 is 2.62 bits per heavy atom. The monoisotopic (exact) mass is 285 g/mol. The van der Waals surface area contributed by atoms with Gasteiger partial charge < -0.3 is 4.90 Å². The van der Waals surface area contributed by atoms with E-state index in [1.807, 2.05) is 35.2 Å². The minimum absolute atomic E-state index is 0.145. The van der Waals surface area contributed by atoms with E-state index in [1.165, 1.54) is 6.33 Å². The zero-order valence-electron chi connectivity index (χ0n) is 11.9. The summed E-state index contributed by atoms with van der Waals surface area (Å²) in [6, 6.07) is 9.51. The van der Waals surface area contributed by atoms with Gasteiger partial charge in [-0.3, -0.25) is 4.79 Å². The summed E-state index contributed by atoms with van der Waals surface area (Å²) in [7, 11) is 0. The summed E-state index contributed by atoms with van der Waals surface area (Å²) in [5.74, 6) is 0.780. The van der Waals surface area contributed by atoms with Crippen LogP contribution in [-0.4, -0.2) is 44.1 Å². The summed E-state index contributed by atoms with van der Waals surface area (Å²) in [4.78, 5) is 15.9. The maximum Gasteiger partial charge on any atom is 0.253 e. The molecule has 0 N–H and O–H groups in total. The van der Waals surface area contributed by atoms with Gasteiger partial charge in [0.05, 0.1) is 6.54 Å². The zero-order valence-corrected chi connectivity index (χ0v) is 11.9. The zero-order chi connectivity index (χ0) is 14.5. The van der Waals surface area contributed by atoms with E-state index in [1.54, 1.807) is 4.80 Å². The van der Waals surface area contributed by atoms with Crippen LogP contribution in [0.1, 0.15) is 29.6 Å². The van der Waals surface area contributed by atoms with Crippen molar-refractivity contribution < 1.29 is 4.79 Å². The van der Waals surface area contributed by atoms with Gasteiger partial charge in [0.25, 0.3) is 5.91 Å². The molecule has 1 aromatic heterocycles. The Kier molecular flexibility index (Phi) is 4.23. The first-order valence-electron chi connectivity index (χ1n) is 7.38. The molecule has 1 aliphatic heterocycles. The number of likely N-dealkylation sites (tertiary alicyclic amines) is 1. The second-order valence-electron chi connectivity index (χ2n) is 5.42. The van der Waals surface area contributed by atoms with Crippen LogP contribution in [0, 0.1) is 5.92 Å². The largest absolute Gasteiger partial charge is 0.339 e. The van der Waals surface area contributed by atoms with E-state index < -0.39 is 0 Å². The maximum atomic E-state index is 12.3. The van der Waals surface area contributed by atoms with E-state index in [2.05, 4.69) is 15.4 Å². The van der Waals surface area contributed by atoms with Crippen molar-refractivity contribution in [3.63, 3.8) is 0 Å². The molecule has 3 rings (SSSR count). The molecule has 1 aliphatic rings. The van der Waals surface area contributed by atoms with Crippen molar-refractivity contribution >= 4 is 5.91 Å². The van der Waals surface area contributed by atoms with Crippen molar-refractivity contribution in [1.82, 2.24) is 25.1 Å². The van der Waals surface area contributed by atoms with Gasteiger partial charge in [0, 0.05) is 18.7 Å². The number of benzene rings is 1. The topological polar surface area (TPSA) is 63.9 Å². The third-order valence-corrected chi connectivity index (χ3v) is 4.05. The van der Waals surface area contributed by atoms with Crippen LogP contribution in [0.5, 0.6) is 0 Å². The molecule has 0 atom stereocenters. The molecule has 0 spiro atoms. The molecule has 0 saturated carbocycles. The highest BCUT2D eigenvalue weighted by atomic mass is 16.2. The van der Waals surface area contributed by atoms with Gasteiger partial charge in [-0.25, -0.2) is 0 Å². The quantitative estimate of drug-likeness (QED) is 0.856. The first-order chi connectivity index (χ1) is 10.3. The number of hydrogen-bond donors (Lipinski definition) is 0. The number of aromatic nitrogens is 4. The second kappa shape index (κ2) is 6.47. The number of rotatable bonds is 4. The van der Waals surface area contributed by atoms with E-state index in [9.17, 15) is 4.79 Å². The van der Waals surface area contributed by atoms with Gasteiger partial charge in [0.15, 0.2) is 6.33 Å². The van der Waals surface area contributed by atoms with Crippen LogP contribution < -0.4 is 0 Å². The first-order valence-corrected chi connectivity index (χ1v) is 7.38. The number of piperidine rings is 1. The van der Waals surface area contributed by atoms with Crippen molar-refractivity contribution in [3.05, 3.63) is 42.2 Å². The molecular formula is C15H19N5O. The molecule has 2 aromatic rings. The van der Waals surface area contributed by atoms with E-state index >= 15 is 0 Å². The fourth-order valence-corrected chi connectivity index (χ4v) is 2.78. The lowest BCUT2D eigenvalue weighted by atomic mass is 9.93. The van der Waals surface area contributed by atoms with Crippen molar-refractivity contribution in [2.24, 2.45) is 5.92 Å². The van der Waals surface area contributed by atoms with Crippen molar-refractivity contribution in [1.29, 1.82) is 0 Å². The van der Waals surface area contributed by atoms with Crippen LogP contribution in [0.4, 0.5) is 0 Å². The SMILES string of the molecule is O=C(c1ccccc1)N1CCC(CCn2ncnn2)CC1. The molecule has 2 heterocycles. The molecule has 1 aromatic carbocycles. The summed E-state index contributed by atoms with van der Waals surface area (Å²) >= 11 is 0. The van der Waals surface area contributed by atoms with Crippen LogP contribution in [0.15, 0.2) is 36.7 Å². The lowest BCUT2D eigenvalue weighted by molar-refractivity contribution is 0.0683. The lowest BCUT2D eigenvalue weighted by Crippen LogP contribution is -2.38. The van der Waals surface area contributed by atoms with Crippen LogP contribution in [0.3, 0.4) is 0 Å². The average Bonchev–Trinajstić information content (AvgIpc) is 3.07. The standard InChI is InChI=1S/C15H19N5O/c21-15(14-4-2-1-3-5-14)19-9-6-13(7-10-19)8-11-20-17-12-16-18-20/h1-5,12-13H,6-11H2. The predicted octanol–water partition coefficient (Wildman–Crippen LogP) is 1.62. The van der Waals surface area contributed by atoms with Gasteiger partial charge in [0.1, 0.15) is 0 Å². The predicted molar refractivity (Wildman–Crippen MR) is 77.5 cm³/mol. The molecule has 0 bridgehead atoms. The highest BCUT2D eigenvalue weighted by Crippen LogP contribution is 2.22. The first kappa shape index (κ1) is 13.7. The summed E-state index contributed by atoms with van der Waals surface area (Å²) in [6.45, 7) is 2.48. The third-order valence-electron chi connectivity index (χ3n) is 4.05. The molecule has 110 valence electrons. The van der Waals surface area contributed by atoms with Gasteiger partial charge in [-0.15, -0.1) is 10.2 Å². The van der Waals surface area contributed by atoms with Crippen molar-refractivity contribution in [3.8, 4) is 0 Å². The van der Waals surface area contributed by atoms with Crippen molar-refractivity contribution in [2.45, 2.75) is 25.8 Å². The molecule has 1 saturated heterocycles. The average molecular weight is 285 g/mol. The fourth-order valence-electron chi connectivity index (χ4n) is 2.78. The fraction of sp³-hybridized carbons (Fsp3) is 0.467. The third kappa shape index (κ3) is 3.45. The second-order valence-corrected chi connectivity index (χ2v) is 5.42. The molecule has 1 fully saturated rings. The van der Waals surface area contributed by atoms with Crippen LogP contribution in [0.25, 0.3) is 0 Å². The minimum Gasteiger partial charge on any atom is -0.339 e. The van der Waals surface area contributed by atoms with Gasteiger partial charge in [0.2, 0.25) is 0 Å². The van der Waals surface area contributed by atoms with E-state index in [-0.39, 0.29) is 5.91 Å². The number of aryl methyl sites for hydroxylation is 1. The Morgan fingerprint density at radius 2 is 1.95 bits per heavy atom. The van der Waals surface area contributed by atoms with Gasteiger partial charge in [-0.1, -0.05) is 18.2 Å². The molecule has 0 radical (unpaired) electrons. The molecule has 21 heavy (non-hydrogen) atoms. The highest BCUT2D eigenvalue weighted by Gasteiger charge is 2.23. The van der Waals surface area contributed by atoms with Crippen LogP contribution >= 0.6 is 0 Å². The molecule has 0 unspecified atom stereocenters. The summed E-state index contributed by atoms with van der Waals surface area (Å²) in [5.41, 5.74) is 0.780. The van der Waals surface area contributed by atoms with Gasteiger partial charge in [-0.2, -0.15) is 4.80 Å². The van der Waals surface area contributed by atoms with Gasteiger partial charge >= 0.3 is 0 Å². The number of carbonyl (C=O) groups is 1. The highest BCUT2D eigenvalue weighted by molar-refractivity contribution is 5.94. The van der Waals surface area contributed by atoms with Crippen LogP contribution in [0.2, 0.25) is 0 Å². The van der Waals surface area contributed by atoms with E-state index in [0.717, 1.165) is 44.5 Å². The van der Waals surface area contributed by atoms with Crippen LogP contribution in [-0.2, 0) is 6.54 Å². The minimum atomic E-state index is 0.145. The Balaban J connectivity index is 1.47. The number of nitrogens with zero attached hydrogens (tertiary/aromatic N) is 5.